The van der Waals surface area contributed by atoms with Crippen LogP contribution >= 0.6 is 23.1 Å². The predicted octanol–water partition coefficient (Wildman–Crippen LogP) is 5.78. The van der Waals surface area contributed by atoms with Crippen LogP contribution in [-0.2, 0) is 9.59 Å². The van der Waals surface area contributed by atoms with E-state index in [1.807, 2.05) is 67.6 Å². The number of carbonyl (C=O) groups excluding carboxylic acids is 2. The molecule has 3 aromatic rings. The largest absolute Gasteiger partial charge is 0.325 e. The molecule has 0 radical (unpaired) electrons. The average molecular weight is 464 g/mol. The van der Waals surface area contributed by atoms with Crippen molar-refractivity contribution in [3.63, 3.8) is 0 Å². The van der Waals surface area contributed by atoms with Gasteiger partial charge in [-0.05, 0) is 42.5 Å². The summed E-state index contributed by atoms with van der Waals surface area (Å²) in [5, 5.41) is 5.65. The molecule has 1 aliphatic rings. The molecule has 5 nitrogen and oxygen atoms in total. The Hall–Kier alpha value is -2.90. The minimum atomic E-state index is -0.127. The van der Waals surface area contributed by atoms with Crippen LogP contribution in [0.4, 0.5) is 5.69 Å². The van der Waals surface area contributed by atoms with Gasteiger partial charge in [-0.2, -0.15) is 0 Å². The van der Waals surface area contributed by atoms with E-state index in [1.165, 1.54) is 16.6 Å². The van der Waals surface area contributed by atoms with Crippen molar-refractivity contribution in [3.05, 3.63) is 70.0 Å². The molecule has 0 atom stereocenters. The zero-order chi connectivity index (χ0) is 22.7. The van der Waals surface area contributed by atoms with Gasteiger partial charge in [0, 0.05) is 27.4 Å². The number of nitrogens with zero attached hydrogens (tertiary/aromatic N) is 2. The summed E-state index contributed by atoms with van der Waals surface area (Å²) in [6, 6.07) is 17.8. The molecule has 0 bridgehead atoms. The molecule has 0 spiro atoms. The molecule has 0 saturated carbocycles. The van der Waals surface area contributed by atoms with E-state index in [1.54, 1.807) is 16.2 Å². The maximum absolute atomic E-state index is 13.0. The Balaban J connectivity index is 1.49. The van der Waals surface area contributed by atoms with E-state index in [2.05, 4.69) is 24.2 Å². The normalized spacial score (nSPS) is 15.1. The summed E-state index contributed by atoms with van der Waals surface area (Å²) < 4.78 is 0. The number of aryl methyl sites for hydroxylation is 1. The summed E-state index contributed by atoms with van der Waals surface area (Å²) in [4.78, 5) is 34.1. The highest BCUT2D eigenvalue weighted by atomic mass is 32.2. The molecular formula is C25H25N3O2S2. The van der Waals surface area contributed by atoms with Crippen molar-refractivity contribution in [1.82, 2.24) is 4.90 Å². The first kappa shape index (κ1) is 22.3. The predicted molar refractivity (Wildman–Crippen MR) is 136 cm³/mol. The number of hydrogen-bond donors (Lipinski definition) is 1. The second-order valence-corrected chi connectivity index (χ2v) is 10.3. The summed E-state index contributed by atoms with van der Waals surface area (Å²) in [5.74, 6) is 0.228. The van der Waals surface area contributed by atoms with E-state index in [9.17, 15) is 9.59 Å². The number of carbonyl (C=O) groups is 2. The number of fused-ring (bicyclic) bond motifs is 1. The molecule has 0 aliphatic carbocycles. The van der Waals surface area contributed by atoms with Gasteiger partial charge in [0.2, 0.25) is 5.91 Å². The van der Waals surface area contributed by atoms with Gasteiger partial charge in [-0.3, -0.25) is 14.5 Å². The number of aliphatic imine (C=N–C) groups is 1. The highest BCUT2D eigenvalue weighted by Crippen LogP contribution is 2.28. The van der Waals surface area contributed by atoms with E-state index in [0.717, 1.165) is 21.3 Å². The maximum Gasteiger partial charge on any atom is 0.278 e. The molecule has 0 unspecified atom stereocenters. The Kier molecular flexibility index (Phi) is 6.77. The Labute approximate surface area is 196 Å². The standard InChI is InChI=1S/C25H25N3O2S2/c1-16(2)14-28-24(30)22(13-19-12-11-17(3)32-19)27-25(28)31-15-23(29)26-21-10-6-8-18-7-4-5-9-20(18)21/h4-13,16H,14-15H2,1-3H3,(H,26,29). The fraction of sp³-hybridized carbons (Fsp3) is 0.240. The van der Waals surface area contributed by atoms with Gasteiger partial charge in [-0.15, -0.1) is 11.3 Å². The molecule has 164 valence electrons. The summed E-state index contributed by atoms with van der Waals surface area (Å²) >= 11 is 2.92. The van der Waals surface area contributed by atoms with E-state index >= 15 is 0 Å². The summed E-state index contributed by atoms with van der Waals surface area (Å²) in [6.45, 7) is 6.73. The van der Waals surface area contributed by atoms with E-state index in [0.29, 0.717) is 17.4 Å². The third-order valence-corrected chi connectivity index (χ3v) is 6.82. The molecule has 0 fully saturated rings. The lowest BCUT2D eigenvalue weighted by Gasteiger charge is -2.19. The molecular weight excluding hydrogens is 438 g/mol. The van der Waals surface area contributed by atoms with Crippen molar-refractivity contribution in [2.24, 2.45) is 10.9 Å². The van der Waals surface area contributed by atoms with Crippen molar-refractivity contribution in [2.45, 2.75) is 20.8 Å². The van der Waals surface area contributed by atoms with Crippen LogP contribution in [0.15, 0.2) is 65.3 Å². The Morgan fingerprint density at radius 1 is 1.16 bits per heavy atom. The number of benzene rings is 2. The zero-order valence-electron chi connectivity index (χ0n) is 18.3. The van der Waals surface area contributed by atoms with Crippen LogP contribution in [0, 0.1) is 12.8 Å². The van der Waals surface area contributed by atoms with Gasteiger partial charge in [0.25, 0.3) is 5.91 Å². The second kappa shape index (κ2) is 9.71. The first-order chi connectivity index (χ1) is 15.4. The van der Waals surface area contributed by atoms with Crippen molar-refractivity contribution in [2.75, 3.05) is 17.6 Å². The van der Waals surface area contributed by atoms with Gasteiger partial charge in [0.05, 0.1) is 5.75 Å². The van der Waals surface area contributed by atoms with Gasteiger partial charge in [0.1, 0.15) is 5.70 Å². The Morgan fingerprint density at radius 2 is 1.94 bits per heavy atom. The van der Waals surface area contributed by atoms with E-state index in [4.69, 9.17) is 0 Å². The molecule has 0 saturated heterocycles. The first-order valence-electron chi connectivity index (χ1n) is 10.5. The maximum atomic E-state index is 13.0. The van der Waals surface area contributed by atoms with Crippen molar-refractivity contribution in [3.8, 4) is 0 Å². The smallest absolute Gasteiger partial charge is 0.278 e. The van der Waals surface area contributed by atoms with Crippen LogP contribution in [0.1, 0.15) is 23.6 Å². The monoisotopic (exact) mass is 463 g/mol. The number of hydrogen-bond acceptors (Lipinski definition) is 5. The second-order valence-electron chi connectivity index (χ2n) is 8.05. The number of amidine groups is 1. The molecule has 4 rings (SSSR count). The molecule has 32 heavy (non-hydrogen) atoms. The van der Waals surface area contributed by atoms with Crippen LogP contribution in [0.25, 0.3) is 16.8 Å². The number of thioether (sulfide) groups is 1. The average Bonchev–Trinajstić information content (AvgIpc) is 3.30. The van der Waals surface area contributed by atoms with Crippen LogP contribution in [0.5, 0.6) is 0 Å². The number of rotatable bonds is 6. The van der Waals surface area contributed by atoms with Crippen LogP contribution in [0.2, 0.25) is 0 Å². The number of thiophene rings is 1. The molecule has 1 aromatic heterocycles. The Bertz CT molecular complexity index is 1220. The van der Waals surface area contributed by atoms with E-state index in [-0.39, 0.29) is 23.5 Å². The quantitative estimate of drug-likeness (QED) is 0.472. The number of anilines is 1. The van der Waals surface area contributed by atoms with Gasteiger partial charge in [-0.1, -0.05) is 62.0 Å². The fourth-order valence-electron chi connectivity index (χ4n) is 3.48. The van der Waals surface area contributed by atoms with Crippen LogP contribution in [0.3, 0.4) is 0 Å². The minimum Gasteiger partial charge on any atom is -0.325 e. The molecule has 7 heteroatoms. The lowest BCUT2D eigenvalue weighted by Crippen LogP contribution is -2.34. The minimum absolute atomic E-state index is 0.110. The fourth-order valence-corrected chi connectivity index (χ4v) is 5.11. The summed E-state index contributed by atoms with van der Waals surface area (Å²) in [6.07, 6.45) is 1.83. The van der Waals surface area contributed by atoms with Crippen LogP contribution < -0.4 is 5.32 Å². The Morgan fingerprint density at radius 3 is 2.69 bits per heavy atom. The third kappa shape index (κ3) is 5.11. The van der Waals surface area contributed by atoms with Crippen molar-refractivity contribution >= 4 is 62.6 Å². The van der Waals surface area contributed by atoms with Crippen molar-refractivity contribution in [1.29, 1.82) is 0 Å². The molecule has 2 aromatic carbocycles. The summed E-state index contributed by atoms with van der Waals surface area (Å²) in [7, 11) is 0. The topological polar surface area (TPSA) is 61.8 Å². The molecule has 1 N–H and O–H groups in total. The highest BCUT2D eigenvalue weighted by Gasteiger charge is 2.31. The van der Waals surface area contributed by atoms with Gasteiger partial charge < -0.3 is 5.32 Å². The number of amides is 2. The van der Waals surface area contributed by atoms with Gasteiger partial charge in [0.15, 0.2) is 5.17 Å². The van der Waals surface area contributed by atoms with E-state index < -0.39 is 0 Å². The lowest BCUT2D eigenvalue weighted by molar-refractivity contribution is -0.122. The van der Waals surface area contributed by atoms with Gasteiger partial charge >= 0.3 is 0 Å². The highest BCUT2D eigenvalue weighted by molar-refractivity contribution is 8.14. The molecule has 2 amide bonds. The molecule has 1 aliphatic heterocycles. The van der Waals surface area contributed by atoms with Gasteiger partial charge in [-0.25, -0.2) is 4.99 Å². The van der Waals surface area contributed by atoms with Crippen LogP contribution in [-0.4, -0.2) is 34.2 Å². The zero-order valence-corrected chi connectivity index (χ0v) is 19.9. The summed E-state index contributed by atoms with van der Waals surface area (Å²) in [5.41, 5.74) is 1.20. The SMILES string of the molecule is Cc1ccc(C=C2N=C(SCC(=O)Nc3cccc4ccccc34)N(CC(C)C)C2=O)s1. The third-order valence-electron chi connectivity index (χ3n) is 4.90. The van der Waals surface area contributed by atoms with Crippen molar-refractivity contribution < 1.29 is 9.59 Å². The first-order valence-corrected chi connectivity index (χ1v) is 12.3. The lowest BCUT2D eigenvalue weighted by atomic mass is 10.1. The number of nitrogens with one attached hydrogen (secondary N) is 1. The molecule has 2 heterocycles.